The molecule has 1 aromatic carbocycles. The first-order valence-electron chi connectivity index (χ1n) is 9.46. The van der Waals surface area contributed by atoms with Crippen molar-refractivity contribution >= 4 is 35.5 Å². The molecule has 2 atom stereocenters. The van der Waals surface area contributed by atoms with Crippen LogP contribution in [-0.2, 0) is 38.3 Å². The molecule has 1 aromatic rings. The fourth-order valence-corrected chi connectivity index (χ4v) is 8.57. The van der Waals surface area contributed by atoms with E-state index in [1.165, 1.54) is 4.08 Å². The van der Waals surface area contributed by atoms with Gasteiger partial charge in [0.1, 0.15) is 22.3 Å². The predicted octanol–water partition coefficient (Wildman–Crippen LogP) is 3.95. The Morgan fingerprint density at radius 3 is 2.52 bits per heavy atom. The Hall–Kier alpha value is -1.03. The number of nitrogens with zero attached hydrogens (tertiary/aromatic N) is 1. The van der Waals surface area contributed by atoms with Crippen molar-refractivity contribution in [3.8, 4) is 5.75 Å². The summed E-state index contributed by atoms with van der Waals surface area (Å²) in [5, 5.41) is 10.7. The maximum atomic E-state index is 13.6. The molecule has 1 aliphatic rings. The largest absolute Gasteiger partial charge is 0.487 e. The second-order valence-corrected chi connectivity index (χ2v) is 12.0. The Bertz CT molecular complexity index is 810. The number of hydrogen-bond acceptors (Lipinski definition) is 6. The monoisotopic (exact) mass is 464 g/mol. The average Bonchev–Trinajstić information content (AvgIpc) is 2.94. The number of fused-ring (bicyclic) bond motifs is 1. The molecule has 0 saturated heterocycles. The van der Waals surface area contributed by atoms with E-state index in [1.54, 1.807) is 26.8 Å². The molecule has 0 aliphatic carbocycles. The second kappa shape index (κ2) is 9.85. The topological polar surface area (TPSA) is 97.3 Å². The first-order chi connectivity index (χ1) is 13.6. The van der Waals surface area contributed by atoms with Crippen molar-refractivity contribution in [1.82, 2.24) is 9.39 Å². The standard InChI is InChI=1S/C18H29N2O6PS2/c1-6-20(27(28,24-7-2)25-8-3)29(23)16(19-17(21)22)14-11-9-10-13-12-18(4,5)26-15(13)14/h9-11,16,19H,6-8,12H2,1-5H3,(H,21,22). The lowest BCUT2D eigenvalue weighted by molar-refractivity contribution is 0.137. The quantitative estimate of drug-likeness (QED) is 0.506. The summed E-state index contributed by atoms with van der Waals surface area (Å²) in [6.07, 6.45) is -0.619. The van der Waals surface area contributed by atoms with Gasteiger partial charge in [0.05, 0.1) is 13.2 Å². The summed E-state index contributed by atoms with van der Waals surface area (Å²) in [5.41, 5.74) is 1.02. The van der Waals surface area contributed by atoms with E-state index in [-0.39, 0.29) is 6.54 Å². The molecule has 1 heterocycles. The number of amides is 1. The van der Waals surface area contributed by atoms with E-state index in [4.69, 9.17) is 25.6 Å². The van der Waals surface area contributed by atoms with Gasteiger partial charge in [-0.15, -0.1) is 4.08 Å². The molecule has 0 saturated carbocycles. The van der Waals surface area contributed by atoms with E-state index >= 15 is 0 Å². The first-order valence-corrected chi connectivity index (χ1v) is 13.2. The van der Waals surface area contributed by atoms with Crippen molar-refractivity contribution in [2.24, 2.45) is 0 Å². The molecular formula is C18H29N2O6PS2. The van der Waals surface area contributed by atoms with Crippen LogP contribution in [0.2, 0.25) is 0 Å². The second-order valence-electron chi connectivity index (χ2n) is 6.95. The summed E-state index contributed by atoms with van der Waals surface area (Å²) in [7, 11) is -1.90. The van der Waals surface area contributed by atoms with Gasteiger partial charge in [-0.05, 0) is 45.1 Å². The lowest BCUT2D eigenvalue weighted by Gasteiger charge is -2.34. The minimum absolute atomic E-state index is 0.267. The normalized spacial score (nSPS) is 17.4. The van der Waals surface area contributed by atoms with Gasteiger partial charge in [-0.1, -0.05) is 25.1 Å². The summed E-state index contributed by atoms with van der Waals surface area (Å²) in [4.78, 5) is 11.5. The fourth-order valence-electron chi connectivity index (χ4n) is 3.21. The number of hydrogen-bond donors (Lipinski definition) is 2. The molecule has 11 heteroatoms. The number of carboxylic acid groups (broad SMARTS) is 1. The van der Waals surface area contributed by atoms with Gasteiger partial charge in [0.25, 0.3) is 6.64 Å². The van der Waals surface area contributed by atoms with E-state index in [0.717, 1.165) is 5.56 Å². The van der Waals surface area contributed by atoms with Gasteiger partial charge in [0.2, 0.25) is 0 Å². The third-order valence-corrected chi connectivity index (χ3v) is 10.3. The van der Waals surface area contributed by atoms with E-state index in [0.29, 0.717) is 30.9 Å². The molecule has 0 fully saturated rings. The summed E-state index contributed by atoms with van der Waals surface area (Å²) in [6, 6.07) is 5.46. The first kappa shape index (κ1) is 24.2. The minimum Gasteiger partial charge on any atom is -0.487 e. The van der Waals surface area contributed by atoms with Gasteiger partial charge in [0, 0.05) is 18.5 Å². The average molecular weight is 465 g/mol. The van der Waals surface area contributed by atoms with Crippen LogP contribution in [0.5, 0.6) is 5.75 Å². The van der Waals surface area contributed by atoms with Crippen LogP contribution in [0.25, 0.3) is 0 Å². The summed E-state index contributed by atoms with van der Waals surface area (Å²) in [5.74, 6) is 0.557. The van der Waals surface area contributed by atoms with Gasteiger partial charge in [-0.2, -0.15) is 0 Å². The van der Waals surface area contributed by atoms with Crippen molar-refractivity contribution in [3.63, 3.8) is 0 Å². The molecule has 8 nitrogen and oxygen atoms in total. The zero-order valence-electron chi connectivity index (χ0n) is 17.3. The Kier molecular flexibility index (Phi) is 8.23. The zero-order chi connectivity index (χ0) is 21.8. The molecule has 164 valence electrons. The molecule has 0 radical (unpaired) electrons. The van der Waals surface area contributed by atoms with Crippen molar-refractivity contribution in [3.05, 3.63) is 29.3 Å². The van der Waals surface area contributed by atoms with Gasteiger partial charge in [-0.3, -0.25) is 0 Å². The highest BCUT2D eigenvalue weighted by Gasteiger charge is 2.40. The number of ether oxygens (including phenoxy) is 1. The number of nitrogens with one attached hydrogen (secondary N) is 1. The summed E-state index contributed by atoms with van der Waals surface area (Å²) >= 11 is 5.61. The lowest BCUT2D eigenvalue weighted by atomic mass is 10.0. The van der Waals surface area contributed by atoms with Crippen LogP contribution < -0.4 is 10.1 Å². The molecule has 2 N–H and O–H groups in total. The Morgan fingerprint density at radius 1 is 1.38 bits per heavy atom. The SMILES string of the molecule is CCOP(=S)(OCC)N(CC)S(=O)C(NC(=O)O)c1cccc2c1OC(C)(C)C2. The van der Waals surface area contributed by atoms with Crippen molar-refractivity contribution < 1.29 is 27.9 Å². The fraction of sp³-hybridized carbons (Fsp3) is 0.611. The summed E-state index contributed by atoms with van der Waals surface area (Å²) in [6.45, 7) is 7.05. The lowest BCUT2D eigenvalue weighted by Crippen LogP contribution is -2.37. The molecule has 29 heavy (non-hydrogen) atoms. The van der Waals surface area contributed by atoms with Crippen molar-refractivity contribution in [1.29, 1.82) is 0 Å². The van der Waals surface area contributed by atoms with Crippen LogP contribution in [0.3, 0.4) is 0 Å². The van der Waals surface area contributed by atoms with Crippen LogP contribution in [0.15, 0.2) is 18.2 Å². The Morgan fingerprint density at radius 2 is 2.00 bits per heavy atom. The molecule has 1 aliphatic heterocycles. The molecule has 2 rings (SSSR count). The number of para-hydroxylation sites is 1. The van der Waals surface area contributed by atoms with Gasteiger partial charge >= 0.3 is 6.09 Å². The molecule has 0 spiro atoms. The number of carbonyl (C=O) groups is 1. The number of benzene rings is 1. The third-order valence-electron chi connectivity index (χ3n) is 4.20. The molecule has 0 bridgehead atoms. The summed E-state index contributed by atoms with van der Waals surface area (Å²) < 4.78 is 32.5. The van der Waals surface area contributed by atoms with Crippen LogP contribution in [0, 0.1) is 0 Å². The highest BCUT2D eigenvalue weighted by atomic mass is 32.5. The van der Waals surface area contributed by atoms with Gasteiger partial charge in [0.15, 0.2) is 5.37 Å². The smallest absolute Gasteiger partial charge is 0.405 e. The Balaban J connectivity index is 2.51. The van der Waals surface area contributed by atoms with E-state index in [9.17, 15) is 14.1 Å². The number of rotatable bonds is 10. The van der Waals surface area contributed by atoms with Gasteiger partial charge < -0.3 is 24.2 Å². The van der Waals surface area contributed by atoms with E-state index < -0.39 is 34.7 Å². The molecule has 2 unspecified atom stereocenters. The minimum atomic E-state index is -3.06. The predicted molar refractivity (Wildman–Crippen MR) is 117 cm³/mol. The molecule has 0 aromatic heterocycles. The van der Waals surface area contributed by atoms with Crippen molar-refractivity contribution in [2.75, 3.05) is 19.8 Å². The van der Waals surface area contributed by atoms with Crippen LogP contribution >= 0.6 is 6.64 Å². The molecular weight excluding hydrogens is 435 g/mol. The van der Waals surface area contributed by atoms with E-state index in [2.05, 4.69) is 5.32 Å². The zero-order valence-corrected chi connectivity index (χ0v) is 19.9. The van der Waals surface area contributed by atoms with Crippen LogP contribution in [0.4, 0.5) is 4.79 Å². The van der Waals surface area contributed by atoms with Crippen LogP contribution in [-0.4, -0.2) is 44.8 Å². The maximum absolute atomic E-state index is 13.6. The van der Waals surface area contributed by atoms with E-state index in [1.807, 2.05) is 26.0 Å². The highest BCUT2D eigenvalue weighted by molar-refractivity contribution is 8.12. The molecule has 1 amide bonds. The third kappa shape index (κ3) is 5.57. The van der Waals surface area contributed by atoms with Gasteiger partial charge in [-0.25, -0.2) is 9.00 Å². The Labute approximate surface area is 179 Å². The van der Waals surface area contributed by atoms with Crippen molar-refractivity contribution in [2.45, 2.75) is 52.0 Å². The maximum Gasteiger partial charge on any atom is 0.405 e. The highest BCUT2D eigenvalue weighted by Crippen LogP contribution is 2.54. The van der Waals surface area contributed by atoms with Crippen LogP contribution in [0.1, 0.15) is 51.1 Å².